The number of hydrogen-bond acceptors (Lipinski definition) is 2. The van der Waals surface area contributed by atoms with Gasteiger partial charge in [-0.2, -0.15) is 0 Å². The van der Waals surface area contributed by atoms with Gasteiger partial charge < -0.3 is 10.2 Å². The minimum absolute atomic E-state index is 0.380. The Bertz CT molecular complexity index is 460. The molecule has 110 valence electrons. The SMILES string of the molecule is Cc1ccc(C)c(N2CCCNC3(CCCCC3)C2)c1. The molecule has 0 amide bonds. The summed E-state index contributed by atoms with van der Waals surface area (Å²) >= 11 is 0. The number of hydrogen-bond donors (Lipinski definition) is 1. The van der Waals surface area contributed by atoms with Gasteiger partial charge in [-0.3, -0.25) is 0 Å². The average Bonchev–Trinajstić information content (AvgIpc) is 2.65. The van der Waals surface area contributed by atoms with Crippen LogP contribution in [0.25, 0.3) is 0 Å². The highest BCUT2D eigenvalue weighted by molar-refractivity contribution is 5.55. The molecular formula is C18H28N2. The number of anilines is 1. The second kappa shape index (κ2) is 5.77. The van der Waals surface area contributed by atoms with E-state index in [1.165, 1.54) is 75.0 Å². The minimum Gasteiger partial charge on any atom is -0.369 e. The Hall–Kier alpha value is -1.02. The molecule has 0 radical (unpaired) electrons. The monoisotopic (exact) mass is 272 g/mol. The predicted octanol–water partition coefficient (Wildman–Crippen LogP) is 3.81. The van der Waals surface area contributed by atoms with E-state index in [4.69, 9.17) is 0 Å². The fraction of sp³-hybridized carbons (Fsp3) is 0.667. The van der Waals surface area contributed by atoms with Crippen molar-refractivity contribution in [1.82, 2.24) is 5.32 Å². The van der Waals surface area contributed by atoms with Gasteiger partial charge >= 0.3 is 0 Å². The fourth-order valence-corrected chi connectivity index (χ4v) is 3.95. The zero-order valence-corrected chi connectivity index (χ0v) is 13.0. The van der Waals surface area contributed by atoms with E-state index in [1.807, 2.05) is 0 Å². The molecule has 1 aromatic carbocycles. The van der Waals surface area contributed by atoms with Gasteiger partial charge in [0.05, 0.1) is 0 Å². The summed E-state index contributed by atoms with van der Waals surface area (Å²) in [5.74, 6) is 0. The molecule has 2 heteroatoms. The second-order valence-corrected chi connectivity index (χ2v) is 6.83. The van der Waals surface area contributed by atoms with Crippen molar-refractivity contribution in [3.8, 4) is 0 Å². The van der Waals surface area contributed by atoms with Crippen LogP contribution >= 0.6 is 0 Å². The number of aryl methyl sites for hydroxylation is 2. The van der Waals surface area contributed by atoms with Crippen molar-refractivity contribution in [3.05, 3.63) is 29.3 Å². The van der Waals surface area contributed by atoms with E-state index >= 15 is 0 Å². The van der Waals surface area contributed by atoms with Gasteiger partial charge in [0.25, 0.3) is 0 Å². The third-order valence-electron chi connectivity index (χ3n) is 5.11. The molecule has 3 rings (SSSR count). The summed E-state index contributed by atoms with van der Waals surface area (Å²) in [4.78, 5) is 2.65. The van der Waals surface area contributed by atoms with Crippen LogP contribution in [0.4, 0.5) is 5.69 Å². The maximum atomic E-state index is 3.89. The summed E-state index contributed by atoms with van der Waals surface area (Å²) in [6.07, 6.45) is 8.19. The summed E-state index contributed by atoms with van der Waals surface area (Å²) in [5.41, 5.74) is 4.63. The van der Waals surface area contributed by atoms with Crippen LogP contribution in [0.5, 0.6) is 0 Å². The highest BCUT2D eigenvalue weighted by atomic mass is 15.2. The standard InChI is InChI=1S/C18H28N2/c1-15-7-8-16(2)17(13-15)20-12-6-11-19-18(14-20)9-4-3-5-10-18/h7-8,13,19H,3-6,9-12,14H2,1-2H3. The maximum Gasteiger partial charge on any atom is 0.0399 e. The molecule has 2 fully saturated rings. The summed E-state index contributed by atoms with van der Waals surface area (Å²) in [7, 11) is 0. The average molecular weight is 272 g/mol. The molecule has 0 bridgehead atoms. The molecular weight excluding hydrogens is 244 g/mol. The highest BCUT2D eigenvalue weighted by Gasteiger charge is 2.35. The largest absolute Gasteiger partial charge is 0.369 e. The zero-order chi connectivity index (χ0) is 14.0. The molecule has 0 atom stereocenters. The molecule has 20 heavy (non-hydrogen) atoms. The van der Waals surface area contributed by atoms with Crippen LogP contribution in [0.1, 0.15) is 49.7 Å². The molecule has 1 aliphatic carbocycles. The van der Waals surface area contributed by atoms with E-state index in [2.05, 4.69) is 42.3 Å². The third-order valence-corrected chi connectivity index (χ3v) is 5.11. The molecule has 2 nitrogen and oxygen atoms in total. The van der Waals surface area contributed by atoms with E-state index in [0.717, 1.165) is 0 Å². The zero-order valence-electron chi connectivity index (χ0n) is 13.0. The smallest absolute Gasteiger partial charge is 0.0399 e. The van der Waals surface area contributed by atoms with Gasteiger partial charge in [-0.05, 0) is 56.8 Å². The molecule has 1 saturated carbocycles. The number of benzene rings is 1. The van der Waals surface area contributed by atoms with Crippen molar-refractivity contribution < 1.29 is 0 Å². The van der Waals surface area contributed by atoms with Crippen LogP contribution in [0.15, 0.2) is 18.2 Å². The summed E-state index contributed by atoms with van der Waals surface area (Å²) in [5, 5.41) is 3.89. The molecule has 1 aromatic rings. The van der Waals surface area contributed by atoms with Crippen LogP contribution in [0.3, 0.4) is 0 Å². The number of nitrogens with zero attached hydrogens (tertiary/aromatic N) is 1. The van der Waals surface area contributed by atoms with Gasteiger partial charge in [0.2, 0.25) is 0 Å². The van der Waals surface area contributed by atoms with Crippen molar-refractivity contribution >= 4 is 5.69 Å². The minimum atomic E-state index is 0.380. The number of rotatable bonds is 1. The first-order valence-corrected chi connectivity index (χ1v) is 8.26. The van der Waals surface area contributed by atoms with Crippen LogP contribution in [-0.4, -0.2) is 25.2 Å². The number of nitrogens with one attached hydrogen (secondary N) is 1. The topological polar surface area (TPSA) is 15.3 Å². The van der Waals surface area contributed by atoms with Gasteiger partial charge in [0.15, 0.2) is 0 Å². The van der Waals surface area contributed by atoms with Crippen LogP contribution < -0.4 is 10.2 Å². The van der Waals surface area contributed by atoms with Gasteiger partial charge in [0, 0.05) is 24.3 Å². The first-order valence-electron chi connectivity index (χ1n) is 8.26. The summed E-state index contributed by atoms with van der Waals surface area (Å²) in [6, 6.07) is 6.87. The first kappa shape index (κ1) is 13.9. The van der Waals surface area contributed by atoms with E-state index in [-0.39, 0.29) is 0 Å². The van der Waals surface area contributed by atoms with Gasteiger partial charge in [-0.1, -0.05) is 31.4 Å². The molecule has 1 spiro atoms. The molecule has 1 saturated heterocycles. The van der Waals surface area contributed by atoms with Crippen molar-refractivity contribution in [1.29, 1.82) is 0 Å². The van der Waals surface area contributed by atoms with Gasteiger partial charge in [-0.15, -0.1) is 0 Å². The van der Waals surface area contributed by atoms with Gasteiger partial charge in [0.1, 0.15) is 0 Å². The van der Waals surface area contributed by atoms with Crippen molar-refractivity contribution in [2.75, 3.05) is 24.5 Å². The van der Waals surface area contributed by atoms with E-state index in [0.29, 0.717) is 5.54 Å². The summed E-state index contributed by atoms with van der Waals surface area (Å²) < 4.78 is 0. The molecule has 2 aliphatic rings. The Balaban J connectivity index is 1.86. The summed E-state index contributed by atoms with van der Waals surface area (Å²) in [6.45, 7) is 8.02. The van der Waals surface area contributed by atoms with Crippen LogP contribution in [0.2, 0.25) is 0 Å². The Labute approximate surface area is 123 Å². The fourth-order valence-electron chi connectivity index (χ4n) is 3.95. The Kier molecular flexibility index (Phi) is 4.02. The first-order chi connectivity index (χ1) is 9.69. The maximum absolute atomic E-state index is 3.89. The molecule has 1 N–H and O–H groups in total. The Morgan fingerprint density at radius 3 is 2.65 bits per heavy atom. The van der Waals surface area contributed by atoms with Gasteiger partial charge in [-0.25, -0.2) is 0 Å². The lowest BCUT2D eigenvalue weighted by Crippen LogP contribution is -2.52. The van der Waals surface area contributed by atoms with Crippen LogP contribution in [0, 0.1) is 13.8 Å². The van der Waals surface area contributed by atoms with Crippen molar-refractivity contribution in [2.45, 2.75) is 57.9 Å². The second-order valence-electron chi connectivity index (χ2n) is 6.83. The normalized spacial score (nSPS) is 22.8. The molecule has 1 aliphatic heterocycles. The molecule has 0 unspecified atom stereocenters. The quantitative estimate of drug-likeness (QED) is 0.836. The predicted molar refractivity (Wildman–Crippen MR) is 86.6 cm³/mol. The van der Waals surface area contributed by atoms with Crippen molar-refractivity contribution in [2.24, 2.45) is 0 Å². The van der Waals surface area contributed by atoms with E-state index in [9.17, 15) is 0 Å². The Morgan fingerprint density at radius 1 is 1.05 bits per heavy atom. The molecule has 0 aromatic heterocycles. The highest BCUT2D eigenvalue weighted by Crippen LogP contribution is 2.33. The Morgan fingerprint density at radius 2 is 1.85 bits per heavy atom. The van der Waals surface area contributed by atoms with E-state index in [1.54, 1.807) is 0 Å². The van der Waals surface area contributed by atoms with Crippen molar-refractivity contribution in [3.63, 3.8) is 0 Å². The van der Waals surface area contributed by atoms with Crippen LogP contribution in [-0.2, 0) is 0 Å². The lowest BCUT2D eigenvalue weighted by Gasteiger charge is -2.41. The third kappa shape index (κ3) is 2.85. The lowest BCUT2D eigenvalue weighted by molar-refractivity contribution is 0.246. The lowest BCUT2D eigenvalue weighted by atomic mass is 9.81. The molecule has 1 heterocycles. The van der Waals surface area contributed by atoms with E-state index < -0.39 is 0 Å².